The number of nitrogens with zero attached hydrogens (tertiary/aromatic N) is 5. The first kappa shape index (κ1) is 22.6. The Bertz CT molecular complexity index is 1530. The predicted octanol–water partition coefficient (Wildman–Crippen LogP) is 2.77. The van der Waals surface area contributed by atoms with Gasteiger partial charge in [0.05, 0.1) is 11.3 Å². The van der Waals surface area contributed by atoms with Crippen LogP contribution in [0.15, 0.2) is 40.8 Å². The van der Waals surface area contributed by atoms with Crippen LogP contribution in [-0.4, -0.2) is 49.6 Å². The van der Waals surface area contributed by atoms with Crippen LogP contribution in [0.2, 0.25) is 0 Å². The van der Waals surface area contributed by atoms with Crippen molar-refractivity contribution in [2.75, 3.05) is 23.3 Å². The standard InChI is InChI=1S/C23H19FN6O4S/c1-11-5-12(2)26-17(6-11)27-21(32)13-8-29(9-13)20-16(24)7-14-18(31)15(22(33)34)10-30(19(14)28-20)23-25-3-4-35-23/h3-7,10,13H,8-9H2,1-2H3,(H,33,34)(H,26,27,32). The molecule has 5 rings (SSSR count). The van der Waals surface area contributed by atoms with Crippen molar-refractivity contribution in [2.45, 2.75) is 13.8 Å². The number of anilines is 2. The van der Waals surface area contributed by atoms with Crippen LogP contribution in [0.25, 0.3) is 16.2 Å². The van der Waals surface area contributed by atoms with Gasteiger partial charge in [0.1, 0.15) is 11.4 Å². The number of pyridine rings is 3. The fourth-order valence-electron chi connectivity index (χ4n) is 4.02. The van der Waals surface area contributed by atoms with Gasteiger partial charge in [-0.3, -0.25) is 14.2 Å². The summed E-state index contributed by atoms with van der Waals surface area (Å²) in [5, 5.41) is 14.1. The number of aromatic carboxylic acids is 1. The van der Waals surface area contributed by atoms with Gasteiger partial charge >= 0.3 is 5.97 Å². The van der Waals surface area contributed by atoms with Gasteiger partial charge in [-0.25, -0.2) is 24.1 Å². The van der Waals surface area contributed by atoms with Crippen molar-refractivity contribution in [1.29, 1.82) is 0 Å². The lowest BCUT2D eigenvalue weighted by atomic mass is 9.99. The number of amides is 1. The molecule has 35 heavy (non-hydrogen) atoms. The molecule has 1 amide bonds. The fraction of sp³-hybridized carbons (Fsp3) is 0.217. The van der Waals surface area contributed by atoms with Gasteiger partial charge in [0.2, 0.25) is 11.3 Å². The van der Waals surface area contributed by atoms with Crippen molar-refractivity contribution in [1.82, 2.24) is 19.5 Å². The molecule has 0 saturated carbocycles. The Morgan fingerprint density at radius 1 is 1.20 bits per heavy atom. The molecule has 1 fully saturated rings. The third-order valence-corrected chi connectivity index (χ3v) is 6.44. The van der Waals surface area contributed by atoms with Gasteiger partial charge in [-0.2, -0.15) is 0 Å². The van der Waals surface area contributed by atoms with E-state index in [0.717, 1.165) is 23.5 Å². The third kappa shape index (κ3) is 4.12. The first-order chi connectivity index (χ1) is 16.7. The maximum Gasteiger partial charge on any atom is 0.341 e. The highest BCUT2D eigenvalue weighted by Crippen LogP contribution is 2.29. The van der Waals surface area contributed by atoms with E-state index >= 15 is 4.39 Å². The number of halogens is 1. The number of carbonyl (C=O) groups excluding carboxylic acids is 1. The summed E-state index contributed by atoms with van der Waals surface area (Å²) < 4.78 is 16.4. The monoisotopic (exact) mass is 494 g/mol. The smallest absolute Gasteiger partial charge is 0.341 e. The summed E-state index contributed by atoms with van der Waals surface area (Å²) in [5.74, 6) is -2.41. The molecule has 1 saturated heterocycles. The molecule has 10 nitrogen and oxygen atoms in total. The normalized spacial score (nSPS) is 13.6. The van der Waals surface area contributed by atoms with E-state index in [1.807, 2.05) is 19.9 Å². The van der Waals surface area contributed by atoms with Crippen LogP contribution in [0.4, 0.5) is 16.0 Å². The Balaban J connectivity index is 1.45. The molecule has 5 heterocycles. The van der Waals surface area contributed by atoms with Crippen molar-refractivity contribution >= 4 is 45.9 Å². The van der Waals surface area contributed by atoms with Crippen LogP contribution in [0, 0.1) is 25.6 Å². The molecule has 0 unspecified atom stereocenters. The van der Waals surface area contributed by atoms with E-state index in [-0.39, 0.29) is 35.8 Å². The average molecular weight is 495 g/mol. The van der Waals surface area contributed by atoms with Crippen molar-refractivity contribution in [3.63, 3.8) is 0 Å². The van der Waals surface area contributed by atoms with E-state index in [1.165, 1.54) is 22.1 Å². The molecule has 1 aliphatic rings. The molecule has 0 aromatic carbocycles. The number of fused-ring (bicyclic) bond motifs is 1. The number of hydrogen-bond donors (Lipinski definition) is 2. The highest BCUT2D eigenvalue weighted by atomic mass is 32.1. The summed E-state index contributed by atoms with van der Waals surface area (Å²) in [6.07, 6.45) is 2.67. The number of aromatic nitrogens is 4. The van der Waals surface area contributed by atoms with Gasteiger partial charge in [0, 0.05) is 36.6 Å². The zero-order valence-corrected chi connectivity index (χ0v) is 19.5. The molecule has 0 aliphatic carbocycles. The lowest BCUT2D eigenvalue weighted by molar-refractivity contribution is -0.120. The summed E-state index contributed by atoms with van der Waals surface area (Å²) in [4.78, 5) is 51.3. The number of carboxylic acid groups (broad SMARTS) is 1. The largest absolute Gasteiger partial charge is 0.477 e. The van der Waals surface area contributed by atoms with Crippen molar-refractivity contribution in [2.24, 2.45) is 5.92 Å². The zero-order valence-electron chi connectivity index (χ0n) is 18.6. The lowest BCUT2D eigenvalue weighted by Gasteiger charge is -2.39. The highest BCUT2D eigenvalue weighted by Gasteiger charge is 2.35. The quantitative estimate of drug-likeness (QED) is 0.433. The molecular weight excluding hydrogens is 475 g/mol. The predicted molar refractivity (Wildman–Crippen MR) is 128 cm³/mol. The molecule has 4 aromatic heterocycles. The van der Waals surface area contributed by atoms with E-state index < -0.39 is 28.7 Å². The Morgan fingerprint density at radius 2 is 1.97 bits per heavy atom. The molecule has 2 N–H and O–H groups in total. The molecule has 0 spiro atoms. The number of nitrogens with one attached hydrogen (secondary N) is 1. The van der Waals surface area contributed by atoms with Crippen molar-refractivity contribution < 1.29 is 19.1 Å². The van der Waals surface area contributed by atoms with Gasteiger partial charge in [-0.15, -0.1) is 11.3 Å². The summed E-state index contributed by atoms with van der Waals surface area (Å²) >= 11 is 1.21. The number of aryl methyl sites for hydroxylation is 2. The minimum Gasteiger partial charge on any atom is -0.477 e. The second-order valence-corrected chi connectivity index (χ2v) is 9.16. The minimum atomic E-state index is -1.43. The highest BCUT2D eigenvalue weighted by molar-refractivity contribution is 7.12. The van der Waals surface area contributed by atoms with E-state index in [4.69, 9.17) is 0 Å². The molecule has 1 aliphatic heterocycles. The Kier molecular flexibility index (Phi) is 5.52. The topological polar surface area (TPSA) is 130 Å². The summed E-state index contributed by atoms with van der Waals surface area (Å²) in [5.41, 5.74) is 0.499. The number of hydrogen-bond acceptors (Lipinski definition) is 8. The minimum absolute atomic E-state index is 0.0288. The van der Waals surface area contributed by atoms with E-state index in [0.29, 0.717) is 10.9 Å². The van der Waals surface area contributed by atoms with Crippen LogP contribution < -0.4 is 15.6 Å². The number of carboxylic acids is 1. The number of rotatable bonds is 5. The molecule has 4 aromatic rings. The van der Waals surface area contributed by atoms with Gasteiger partial charge in [0.25, 0.3) is 0 Å². The summed E-state index contributed by atoms with van der Waals surface area (Å²) in [7, 11) is 0. The first-order valence-electron chi connectivity index (χ1n) is 10.6. The fourth-order valence-corrected chi connectivity index (χ4v) is 4.64. The third-order valence-electron chi connectivity index (χ3n) is 5.67. The molecular formula is C23H19FN6O4S. The molecule has 0 atom stereocenters. The molecule has 0 bridgehead atoms. The Labute approximate surface area is 201 Å². The number of thiazole rings is 1. The molecule has 0 radical (unpaired) electrons. The van der Waals surface area contributed by atoms with Crippen molar-refractivity contribution in [3.8, 4) is 5.13 Å². The van der Waals surface area contributed by atoms with Gasteiger partial charge in [-0.05, 0) is 37.6 Å². The lowest BCUT2D eigenvalue weighted by Crippen LogP contribution is -2.52. The molecule has 12 heteroatoms. The zero-order chi connectivity index (χ0) is 24.9. The van der Waals surface area contributed by atoms with E-state index in [2.05, 4.69) is 20.3 Å². The van der Waals surface area contributed by atoms with Crippen molar-refractivity contribution in [3.05, 3.63) is 68.8 Å². The molecule has 178 valence electrons. The average Bonchev–Trinajstić information content (AvgIpc) is 3.27. The maximum absolute atomic E-state index is 15.0. The maximum atomic E-state index is 15.0. The van der Waals surface area contributed by atoms with Gasteiger partial charge < -0.3 is 15.3 Å². The van der Waals surface area contributed by atoms with Crippen LogP contribution in [-0.2, 0) is 4.79 Å². The van der Waals surface area contributed by atoms with Gasteiger partial charge in [-0.1, -0.05) is 0 Å². The summed E-state index contributed by atoms with van der Waals surface area (Å²) in [6.45, 7) is 4.20. The van der Waals surface area contributed by atoms with E-state index in [9.17, 15) is 19.5 Å². The second-order valence-electron chi connectivity index (χ2n) is 8.29. The van der Waals surface area contributed by atoms with Crippen LogP contribution in [0.3, 0.4) is 0 Å². The first-order valence-corrected chi connectivity index (χ1v) is 11.5. The Morgan fingerprint density at radius 3 is 2.63 bits per heavy atom. The SMILES string of the molecule is Cc1cc(C)nc(NC(=O)C2CN(c3nc4c(cc3F)c(=O)c(C(=O)O)cn4-c3nccs3)C2)c1. The summed E-state index contributed by atoms with van der Waals surface area (Å²) in [6, 6.07) is 4.66. The second kappa shape index (κ2) is 8.55. The Hall–Kier alpha value is -4.19. The number of carbonyl (C=O) groups is 2. The van der Waals surface area contributed by atoms with Crippen LogP contribution in [0.1, 0.15) is 21.6 Å². The van der Waals surface area contributed by atoms with Crippen LogP contribution >= 0.6 is 11.3 Å². The van der Waals surface area contributed by atoms with Gasteiger partial charge in [0.15, 0.2) is 22.4 Å². The van der Waals surface area contributed by atoms with Crippen LogP contribution in [0.5, 0.6) is 0 Å². The van der Waals surface area contributed by atoms with E-state index in [1.54, 1.807) is 16.3 Å².